The van der Waals surface area contributed by atoms with Gasteiger partial charge in [0, 0.05) is 17.3 Å². The van der Waals surface area contributed by atoms with Crippen molar-refractivity contribution in [1.82, 2.24) is 0 Å². The van der Waals surface area contributed by atoms with Crippen molar-refractivity contribution < 1.29 is 33.6 Å². The monoisotopic (exact) mass is 325 g/mol. The third-order valence-corrected chi connectivity index (χ3v) is 2.97. The molecule has 1 fully saturated rings. The standard InChI is InChI=1S/C12H14ClF2NO5/c13-12(14,15)21-7-3-1-6(2-4-7)16-11-10(19)9(18)8(17)5-20-11/h1-4,8-11,16-19H,5H2/t8-,9-,10+,11+/m1/s1. The van der Waals surface area contributed by atoms with Crippen LogP contribution in [-0.4, -0.2) is 52.0 Å². The summed E-state index contributed by atoms with van der Waals surface area (Å²) < 4.78 is 34.2. The molecule has 0 bridgehead atoms. The van der Waals surface area contributed by atoms with Gasteiger partial charge in [0.25, 0.3) is 0 Å². The molecule has 4 atom stereocenters. The minimum absolute atomic E-state index is 0.138. The van der Waals surface area contributed by atoms with Crippen molar-refractivity contribution in [3.63, 3.8) is 0 Å². The van der Waals surface area contributed by atoms with Crippen LogP contribution in [0, 0.1) is 0 Å². The van der Waals surface area contributed by atoms with Crippen LogP contribution in [0.5, 0.6) is 5.75 Å². The fourth-order valence-electron chi connectivity index (χ4n) is 1.85. The van der Waals surface area contributed by atoms with Gasteiger partial charge in [0.1, 0.15) is 24.1 Å². The van der Waals surface area contributed by atoms with Crippen LogP contribution in [0.3, 0.4) is 0 Å². The molecule has 1 aliphatic rings. The maximum atomic E-state index is 12.4. The van der Waals surface area contributed by atoms with Crippen molar-refractivity contribution in [2.75, 3.05) is 11.9 Å². The first-order valence-corrected chi connectivity index (χ1v) is 6.42. The molecule has 2 rings (SSSR count). The molecule has 21 heavy (non-hydrogen) atoms. The van der Waals surface area contributed by atoms with Crippen molar-refractivity contribution in [3.05, 3.63) is 24.3 Å². The van der Waals surface area contributed by atoms with E-state index in [1.807, 2.05) is 0 Å². The van der Waals surface area contributed by atoms with Crippen LogP contribution in [0.15, 0.2) is 24.3 Å². The Kier molecular flexibility index (Phi) is 4.84. The average molecular weight is 326 g/mol. The molecule has 1 saturated heterocycles. The molecule has 0 spiro atoms. The molecule has 4 N–H and O–H groups in total. The highest BCUT2D eigenvalue weighted by molar-refractivity contribution is 6.20. The summed E-state index contributed by atoms with van der Waals surface area (Å²) in [5, 5.41) is 31.3. The fraction of sp³-hybridized carbons (Fsp3) is 0.500. The molecule has 0 saturated carbocycles. The number of hydrogen-bond donors (Lipinski definition) is 4. The van der Waals surface area contributed by atoms with E-state index in [4.69, 9.17) is 4.74 Å². The highest BCUT2D eigenvalue weighted by Crippen LogP contribution is 2.26. The molecule has 0 radical (unpaired) electrons. The number of rotatable bonds is 4. The van der Waals surface area contributed by atoms with Gasteiger partial charge in [-0.05, 0) is 24.3 Å². The van der Waals surface area contributed by atoms with Gasteiger partial charge in [-0.1, -0.05) is 0 Å². The second-order valence-corrected chi connectivity index (χ2v) is 4.96. The third kappa shape index (κ3) is 4.39. The van der Waals surface area contributed by atoms with Gasteiger partial charge in [-0.2, -0.15) is 0 Å². The van der Waals surface area contributed by atoms with Crippen LogP contribution < -0.4 is 10.1 Å². The van der Waals surface area contributed by atoms with Crippen molar-refractivity contribution in [3.8, 4) is 5.75 Å². The van der Waals surface area contributed by atoms with Gasteiger partial charge < -0.3 is 30.1 Å². The number of ether oxygens (including phenoxy) is 2. The predicted octanol–water partition coefficient (Wildman–Crippen LogP) is 0.705. The van der Waals surface area contributed by atoms with Gasteiger partial charge in [-0.25, -0.2) is 0 Å². The van der Waals surface area contributed by atoms with Gasteiger partial charge in [-0.3, -0.25) is 0 Å². The normalized spacial score (nSPS) is 30.0. The van der Waals surface area contributed by atoms with Crippen molar-refractivity contribution in [2.45, 2.75) is 30.1 Å². The summed E-state index contributed by atoms with van der Waals surface area (Å²) in [7, 11) is 0. The van der Waals surface area contributed by atoms with Gasteiger partial charge in [0.2, 0.25) is 0 Å². The Balaban J connectivity index is 1.97. The number of aliphatic hydroxyl groups excluding tert-OH is 3. The summed E-state index contributed by atoms with van der Waals surface area (Å²) in [5.41, 5.74) is -3.36. The first-order chi connectivity index (χ1) is 9.76. The maximum absolute atomic E-state index is 12.4. The number of halogens is 3. The first-order valence-electron chi connectivity index (χ1n) is 6.04. The van der Waals surface area contributed by atoms with E-state index in [1.165, 1.54) is 24.3 Å². The van der Waals surface area contributed by atoms with Crippen LogP contribution >= 0.6 is 11.6 Å². The molecular weight excluding hydrogens is 312 g/mol. The van der Waals surface area contributed by atoms with E-state index in [-0.39, 0.29) is 12.4 Å². The number of anilines is 1. The lowest BCUT2D eigenvalue weighted by Gasteiger charge is -2.35. The quantitative estimate of drug-likeness (QED) is 0.609. The molecule has 6 nitrogen and oxygen atoms in total. The Labute approximate surface area is 123 Å². The van der Waals surface area contributed by atoms with E-state index in [0.29, 0.717) is 5.69 Å². The van der Waals surface area contributed by atoms with Gasteiger partial charge >= 0.3 is 5.57 Å². The molecular formula is C12H14ClF2NO5. The molecule has 9 heteroatoms. The number of alkyl halides is 3. The number of hydrogen-bond acceptors (Lipinski definition) is 6. The highest BCUT2D eigenvalue weighted by Gasteiger charge is 2.37. The Morgan fingerprint density at radius 2 is 1.81 bits per heavy atom. The Morgan fingerprint density at radius 1 is 1.19 bits per heavy atom. The molecule has 0 aliphatic carbocycles. The van der Waals surface area contributed by atoms with Crippen LogP contribution in [0.2, 0.25) is 0 Å². The lowest BCUT2D eigenvalue weighted by molar-refractivity contribution is -0.178. The summed E-state index contributed by atoms with van der Waals surface area (Å²) in [4.78, 5) is 0. The van der Waals surface area contributed by atoms with E-state index in [0.717, 1.165) is 0 Å². The second-order valence-electron chi connectivity index (χ2n) is 4.52. The van der Waals surface area contributed by atoms with Gasteiger partial charge in [-0.15, -0.1) is 8.78 Å². The van der Waals surface area contributed by atoms with Crippen molar-refractivity contribution in [2.24, 2.45) is 0 Å². The molecule has 1 aliphatic heterocycles. The highest BCUT2D eigenvalue weighted by atomic mass is 35.5. The summed E-state index contributed by atoms with van der Waals surface area (Å²) in [6, 6.07) is 5.31. The Morgan fingerprint density at radius 3 is 2.38 bits per heavy atom. The first kappa shape index (κ1) is 16.2. The molecule has 0 aromatic heterocycles. The van der Waals surface area contributed by atoms with E-state index >= 15 is 0 Å². The minimum atomic E-state index is -3.79. The minimum Gasteiger partial charge on any atom is -0.420 e. The number of aliphatic hydroxyl groups is 3. The summed E-state index contributed by atoms with van der Waals surface area (Å²) in [6.45, 7) is -0.143. The predicted molar refractivity (Wildman–Crippen MR) is 69.3 cm³/mol. The lowest BCUT2D eigenvalue weighted by atomic mass is 10.0. The molecule has 1 heterocycles. The van der Waals surface area contributed by atoms with Crippen LogP contribution in [-0.2, 0) is 4.74 Å². The third-order valence-electron chi connectivity index (χ3n) is 2.90. The smallest absolute Gasteiger partial charge is 0.420 e. The zero-order chi connectivity index (χ0) is 15.6. The van der Waals surface area contributed by atoms with Crippen molar-refractivity contribution >= 4 is 17.3 Å². The van der Waals surface area contributed by atoms with Crippen molar-refractivity contribution in [1.29, 1.82) is 0 Å². The summed E-state index contributed by atoms with van der Waals surface area (Å²) in [6.07, 6.45) is -4.78. The van der Waals surface area contributed by atoms with E-state index in [1.54, 1.807) is 0 Å². The Bertz CT molecular complexity index is 470. The molecule has 1 aromatic rings. The maximum Gasteiger partial charge on any atom is 0.487 e. The largest absolute Gasteiger partial charge is 0.487 e. The topological polar surface area (TPSA) is 91.2 Å². The van der Waals surface area contributed by atoms with Crippen LogP contribution in [0.4, 0.5) is 14.5 Å². The summed E-state index contributed by atoms with van der Waals surface area (Å²) in [5.74, 6) is -0.138. The van der Waals surface area contributed by atoms with Crippen LogP contribution in [0.25, 0.3) is 0 Å². The Hall–Kier alpha value is -1.19. The van der Waals surface area contributed by atoms with E-state index in [9.17, 15) is 24.1 Å². The number of nitrogens with one attached hydrogen (secondary N) is 1. The van der Waals surface area contributed by atoms with E-state index < -0.39 is 30.1 Å². The summed E-state index contributed by atoms with van der Waals surface area (Å²) >= 11 is 4.64. The zero-order valence-electron chi connectivity index (χ0n) is 10.6. The SMILES string of the molecule is O[C@H]1[C@H](O)[C@@H](Nc2ccc(OC(F)(F)Cl)cc2)OC[C@H]1O. The van der Waals surface area contributed by atoms with Gasteiger partial charge in [0.05, 0.1) is 6.61 Å². The van der Waals surface area contributed by atoms with Gasteiger partial charge in [0.15, 0.2) is 6.23 Å². The van der Waals surface area contributed by atoms with Crippen LogP contribution in [0.1, 0.15) is 0 Å². The average Bonchev–Trinajstić information content (AvgIpc) is 2.40. The zero-order valence-corrected chi connectivity index (χ0v) is 11.4. The fourth-order valence-corrected chi connectivity index (χ4v) is 1.94. The second kappa shape index (κ2) is 6.29. The number of benzene rings is 1. The lowest BCUT2D eigenvalue weighted by Crippen LogP contribution is -2.55. The van der Waals surface area contributed by atoms with E-state index in [2.05, 4.69) is 21.7 Å². The molecule has 1 aromatic carbocycles. The molecule has 0 amide bonds. The molecule has 0 unspecified atom stereocenters. The molecule has 118 valence electrons.